The van der Waals surface area contributed by atoms with Gasteiger partial charge in [-0.15, -0.1) is 0 Å². The fraction of sp³-hybridized carbons (Fsp3) is 0.467. The molecule has 0 bridgehead atoms. The van der Waals surface area contributed by atoms with Crippen molar-refractivity contribution in [2.45, 2.75) is 33.3 Å². The number of halogens is 2. The maximum Gasteiger partial charge on any atom is 0.387 e. The first-order valence-electron chi connectivity index (χ1n) is 6.61. The van der Waals surface area contributed by atoms with Crippen LogP contribution in [0.1, 0.15) is 32.3 Å². The molecule has 0 aromatic heterocycles. The minimum absolute atomic E-state index is 0.221. The number of alkyl halides is 2. The lowest BCUT2D eigenvalue weighted by Crippen LogP contribution is -2.17. The smallest absolute Gasteiger partial charge is 0.387 e. The summed E-state index contributed by atoms with van der Waals surface area (Å²) < 4.78 is 29.1. The van der Waals surface area contributed by atoms with Crippen LogP contribution in [-0.2, 0) is 0 Å². The fourth-order valence-electron chi connectivity index (χ4n) is 1.73. The third kappa shape index (κ3) is 5.83. The van der Waals surface area contributed by atoms with Crippen molar-refractivity contribution in [2.24, 2.45) is 0 Å². The molecule has 1 rings (SSSR count). The number of benzene rings is 1. The molecule has 0 unspecified atom stereocenters. The van der Waals surface area contributed by atoms with Crippen molar-refractivity contribution in [3.05, 3.63) is 35.4 Å². The number of hydrogen-bond donors (Lipinski definition) is 1. The number of hydrogen-bond acceptors (Lipinski definition) is 2. The van der Waals surface area contributed by atoms with Gasteiger partial charge in [-0.05, 0) is 25.5 Å². The van der Waals surface area contributed by atoms with Crippen LogP contribution in [0.3, 0.4) is 0 Å². The Bertz CT molecular complexity index is 405. The van der Waals surface area contributed by atoms with Gasteiger partial charge in [0.15, 0.2) is 0 Å². The van der Waals surface area contributed by atoms with E-state index in [2.05, 4.69) is 23.9 Å². The zero-order chi connectivity index (χ0) is 14.1. The normalized spacial score (nSPS) is 11.9. The molecule has 1 aromatic carbocycles. The van der Waals surface area contributed by atoms with Crippen LogP contribution in [0, 0.1) is 0 Å². The molecule has 0 radical (unpaired) electrons. The molecule has 1 aromatic rings. The number of ether oxygens (including phenoxy) is 1. The summed E-state index contributed by atoms with van der Waals surface area (Å²) in [5.74, 6) is 0.221. The lowest BCUT2D eigenvalue weighted by atomic mass is 10.1. The third-order valence-electron chi connectivity index (χ3n) is 2.73. The van der Waals surface area contributed by atoms with E-state index in [-0.39, 0.29) is 5.75 Å². The Kier molecular flexibility index (Phi) is 7.11. The van der Waals surface area contributed by atoms with Gasteiger partial charge in [-0.25, -0.2) is 0 Å². The SMILES string of the molecule is CCCNCC(=Cc1ccccc1OC(F)F)CC. The van der Waals surface area contributed by atoms with Gasteiger partial charge in [-0.3, -0.25) is 0 Å². The number of rotatable bonds is 8. The van der Waals surface area contributed by atoms with Crippen LogP contribution in [0.4, 0.5) is 8.78 Å². The molecule has 1 N–H and O–H groups in total. The fourth-order valence-corrected chi connectivity index (χ4v) is 1.73. The molecule has 0 saturated carbocycles. The standard InChI is InChI=1S/C15H21F2NO/c1-3-9-18-11-12(4-2)10-13-7-5-6-8-14(13)19-15(16)17/h5-8,10,15,18H,3-4,9,11H2,1-2H3. The molecule has 106 valence electrons. The van der Waals surface area contributed by atoms with Crippen LogP contribution in [0.2, 0.25) is 0 Å². The van der Waals surface area contributed by atoms with E-state index in [1.165, 1.54) is 5.57 Å². The topological polar surface area (TPSA) is 21.3 Å². The third-order valence-corrected chi connectivity index (χ3v) is 2.73. The molecular weight excluding hydrogens is 248 g/mol. The van der Waals surface area contributed by atoms with Gasteiger partial charge in [0.25, 0.3) is 0 Å². The average Bonchev–Trinajstić information content (AvgIpc) is 2.39. The quantitative estimate of drug-likeness (QED) is 0.718. The van der Waals surface area contributed by atoms with Crippen LogP contribution < -0.4 is 10.1 Å². The van der Waals surface area contributed by atoms with Gasteiger partial charge in [-0.2, -0.15) is 8.78 Å². The Morgan fingerprint density at radius 3 is 2.68 bits per heavy atom. The van der Waals surface area contributed by atoms with Gasteiger partial charge >= 0.3 is 6.61 Å². The second-order valence-electron chi connectivity index (χ2n) is 4.25. The summed E-state index contributed by atoms with van der Waals surface area (Å²) in [6.45, 7) is 3.09. The molecule has 0 amide bonds. The van der Waals surface area contributed by atoms with E-state index in [1.54, 1.807) is 18.2 Å². The van der Waals surface area contributed by atoms with E-state index in [0.29, 0.717) is 5.56 Å². The number of para-hydroxylation sites is 1. The minimum Gasteiger partial charge on any atom is -0.434 e. The first-order valence-corrected chi connectivity index (χ1v) is 6.61. The van der Waals surface area contributed by atoms with E-state index in [1.807, 2.05) is 12.1 Å². The maximum absolute atomic E-state index is 12.3. The van der Waals surface area contributed by atoms with E-state index < -0.39 is 6.61 Å². The maximum atomic E-state index is 12.3. The van der Waals surface area contributed by atoms with Crippen LogP contribution in [0.25, 0.3) is 6.08 Å². The lowest BCUT2D eigenvalue weighted by molar-refractivity contribution is -0.0499. The summed E-state index contributed by atoms with van der Waals surface area (Å²) in [4.78, 5) is 0. The molecule has 0 aliphatic heterocycles. The molecule has 19 heavy (non-hydrogen) atoms. The van der Waals surface area contributed by atoms with Crippen LogP contribution in [0.15, 0.2) is 29.8 Å². The Morgan fingerprint density at radius 1 is 1.32 bits per heavy atom. The Hall–Kier alpha value is -1.42. The minimum atomic E-state index is -2.79. The average molecular weight is 269 g/mol. The van der Waals surface area contributed by atoms with Crippen molar-refractivity contribution in [1.82, 2.24) is 5.32 Å². The summed E-state index contributed by atoms with van der Waals surface area (Å²) in [7, 11) is 0. The predicted molar refractivity (Wildman–Crippen MR) is 74.5 cm³/mol. The summed E-state index contributed by atoms with van der Waals surface area (Å²) in [5.41, 5.74) is 1.86. The first-order chi connectivity index (χ1) is 9.17. The first kappa shape index (κ1) is 15.6. The van der Waals surface area contributed by atoms with E-state index >= 15 is 0 Å². The van der Waals surface area contributed by atoms with Crippen molar-refractivity contribution < 1.29 is 13.5 Å². The van der Waals surface area contributed by atoms with Crippen molar-refractivity contribution in [3.8, 4) is 5.75 Å². The largest absolute Gasteiger partial charge is 0.434 e. The molecule has 4 heteroatoms. The van der Waals surface area contributed by atoms with Gasteiger partial charge in [0.1, 0.15) is 5.75 Å². The molecule has 0 saturated heterocycles. The molecule has 0 heterocycles. The van der Waals surface area contributed by atoms with Gasteiger partial charge in [0, 0.05) is 12.1 Å². The van der Waals surface area contributed by atoms with Crippen LogP contribution in [0.5, 0.6) is 5.75 Å². The highest BCUT2D eigenvalue weighted by Crippen LogP contribution is 2.23. The molecule has 0 spiro atoms. The van der Waals surface area contributed by atoms with Crippen molar-refractivity contribution in [1.29, 1.82) is 0 Å². The van der Waals surface area contributed by atoms with E-state index in [4.69, 9.17) is 0 Å². The van der Waals surface area contributed by atoms with Crippen molar-refractivity contribution in [2.75, 3.05) is 13.1 Å². The van der Waals surface area contributed by atoms with Crippen molar-refractivity contribution in [3.63, 3.8) is 0 Å². The van der Waals surface area contributed by atoms with Gasteiger partial charge in [0.05, 0.1) is 0 Å². The Morgan fingerprint density at radius 2 is 2.05 bits per heavy atom. The second-order valence-corrected chi connectivity index (χ2v) is 4.25. The molecule has 2 nitrogen and oxygen atoms in total. The number of nitrogens with one attached hydrogen (secondary N) is 1. The molecular formula is C15H21F2NO. The lowest BCUT2D eigenvalue weighted by Gasteiger charge is -2.10. The second kappa shape index (κ2) is 8.64. The Labute approximate surface area is 113 Å². The monoisotopic (exact) mass is 269 g/mol. The predicted octanol–water partition coefficient (Wildman–Crippen LogP) is 4.08. The highest BCUT2D eigenvalue weighted by molar-refractivity contribution is 5.60. The van der Waals surface area contributed by atoms with Crippen molar-refractivity contribution >= 4 is 6.08 Å². The highest BCUT2D eigenvalue weighted by Gasteiger charge is 2.07. The molecule has 0 aliphatic rings. The van der Waals surface area contributed by atoms with E-state index in [0.717, 1.165) is 25.9 Å². The summed E-state index contributed by atoms with van der Waals surface area (Å²) in [6.07, 6.45) is 3.86. The Balaban J connectivity index is 2.81. The van der Waals surface area contributed by atoms with Gasteiger partial charge < -0.3 is 10.1 Å². The van der Waals surface area contributed by atoms with E-state index in [9.17, 15) is 8.78 Å². The molecule has 0 atom stereocenters. The summed E-state index contributed by atoms with van der Waals surface area (Å²) in [6, 6.07) is 6.85. The van der Waals surface area contributed by atoms with Gasteiger partial charge in [-0.1, -0.05) is 43.7 Å². The summed E-state index contributed by atoms with van der Waals surface area (Å²) >= 11 is 0. The molecule has 0 aliphatic carbocycles. The highest BCUT2D eigenvalue weighted by atomic mass is 19.3. The molecule has 0 fully saturated rings. The van der Waals surface area contributed by atoms with Crippen LogP contribution in [-0.4, -0.2) is 19.7 Å². The van der Waals surface area contributed by atoms with Crippen LogP contribution >= 0.6 is 0 Å². The zero-order valence-electron chi connectivity index (χ0n) is 11.5. The van der Waals surface area contributed by atoms with Gasteiger partial charge in [0.2, 0.25) is 0 Å². The summed E-state index contributed by atoms with van der Waals surface area (Å²) in [5, 5.41) is 3.31. The zero-order valence-corrected chi connectivity index (χ0v) is 11.5.